The highest BCUT2D eigenvalue weighted by molar-refractivity contribution is 6.01. The number of nitrogens with zero attached hydrogens (tertiary/aromatic N) is 3. The Kier molecular flexibility index (Phi) is 8.66. The molecule has 2 heterocycles. The van der Waals surface area contributed by atoms with Crippen molar-refractivity contribution in [2.45, 2.75) is 12.0 Å². The summed E-state index contributed by atoms with van der Waals surface area (Å²) in [6, 6.07) is 26.9. The van der Waals surface area contributed by atoms with E-state index in [2.05, 4.69) is 15.7 Å². The molecule has 1 atom stereocenters. The number of rotatable bonds is 10. The Balaban J connectivity index is 1.49. The van der Waals surface area contributed by atoms with Crippen molar-refractivity contribution in [3.63, 3.8) is 0 Å². The number of carbonyl (C=O) groups excluding carboxylic acids is 2. The maximum atomic E-state index is 14.1. The van der Waals surface area contributed by atoms with Crippen molar-refractivity contribution < 1.29 is 23.8 Å². The molecule has 0 bridgehead atoms. The molecule has 0 saturated heterocycles. The molecule has 0 unspecified atom stereocenters. The van der Waals surface area contributed by atoms with Crippen molar-refractivity contribution in [3.8, 4) is 22.6 Å². The van der Waals surface area contributed by atoms with Gasteiger partial charge < -0.3 is 25.3 Å². The lowest BCUT2D eigenvalue weighted by atomic mass is 9.84. The topological polar surface area (TPSA) is 121 Å². The summed E-state index contributed by atoms with van der Waals surface area (Å²) in [5.74, 6) is -0.625. The smallest absolute Gasteiger partial charge is 0.270 e. The van der Waals surface area contributed by atoms with E-state index in [-0.39, 0.29) is 0 Å². The third-order valence-electron chi connectivity index (χ3n) is 7.14. The van der Waals surface area contributed by atoms with Crippen LogP contribution in [0.25, 0.3) is 11.1 Å². The molecule has 0 saturated carbocycles. The predicted octanol–water partition coefficient (Wildman–Crippen LogP) is 4.31. The lowest BCUT2D eigenvalue weighted by Crippen LogP contribution is -2.48. The summed E-state index contributed by atoms with van der Waals surface area (Å²) < 4.78 is 12.9. The summed E-state index contributed by atoms with van der Waals surface area (Å²) in [4.78, 5) is 27.5. The average molecular weight is 578 g/mol. The number of methoxy groups -OCH3 is 2. The quantitative estimate of drug-likeness (QED) is 0.189. The van der Waals surface area contributed by atoms with E-state index in [1.165, 1.54) is 37.5 Å². The molecule has 0 aliphatic carbocycles. The normalized spacial score (nSPS) is 11.5. The van der Waals surface area contributed by atoms with E-state index in [1.807, 2.05) is 60.7 Å². The minimum atomic E-state index is -0.978. The van der Waals surface area contributed by atoms with Crippen LogP contribution < -0.4 is 24.8 Å². The van der Waals surface area contributed by atoms with Gasteiger partial charge in [0.05, 0.1) is 19.8 Å². The molecule has 2 amide bonds. The fraction of sp³-hybridized carbons (Fsp3) is 0.152. The SMILES string of the molecule is COc1c[n+]([O-])cc(OC)c1-c1ccc(NC(=O)[C@@H](NC(=O)c2ccnn2C)C(c2ccccc2)c2ccccc2)cc1. The molecule has 0 aliphatic rings. The van der Waals surface area contributed by atoms with Crippen LogP contribution in [0.5, 0.6) is 11.5 Å². The molecule has 218 valence electrons. The van der Waals surface area contributed by atoms with E-state index < -0.39 is 23.8 Å². The predicted molar refractivity (Wildman–Crippen MR) is 162 cm³/mol. The molecule has 3 aromatic carbocycles. The summed E-state index contributed by atoms with van der Waals surface area (Å²) in [5.41, 5.74) is 3.90. The second-order valence-corrected chi connectivity index (χ2v) is 9.79. The number of ether oxygens (including phenoxy) is 2. The van der Waals surface area contributed by atoms with E-state index in [4.69, 9.17) is 9.47 Å². The number of amides is 2. The molecule has 2 N–H and O–H groups in total. The number of nitrogens with one attached hydrogen (secondary N) is 2. The first-order valence-electron chi connectivity index (χ1n) is 13.5. The number of anilines is 1. The van der Waals surface area contributed by atoms with Crippen molar-refractivity contribution in [3.05, 3.63) is 132 Å². The third-order valence-corrected chi connectivity index (χ3v) is 7.14. The second-order valence-electron chi connectivity index (χ2n) is 9.79. The van der Waals surface area contributed by atoms with Crippen LogP contribution in [-0.4, -0.2) is 41.9 Å². The average Bonchev–Trinajstić information content (AvgIpc) is 3.47. The van der Waals surface area contributed by atoms with Gasteiger partial charge >= 0.3 is 0 Å². The molecule has 43 heavy (non-hydrogen) atoms. The molecule has 10 nitrogen and oxygen atoms in total. The highest BCUT2D eigenvalue weighted by Crippen LogP contribution is 2.37. The number of carbonyl (C=O) groups is 2. The van der Waals surface area contributed by atoms with Crippen molar-refractivity contribution in [2.75, 3.05) is 19.5 Å². The second kappa shape index (κ2) is 12.9. The van der Waals surface area contributed by atoms with E-state index in [1.54, 1.807) is 37.4 Å². The lowest BCUT2D eigenvalue weighted by molar-refractivity contribution is -0.606. The molecule has 0 spiro atoms. The van der Waals surface area contributed by atoms with Crippen molar-refractivity contribution in [1.82, 2.24) is 15.1 Å². The summed E-state index contributed by atoms with van der Waals surface area (Å²) in [6.07, 6.45) is 4.16. The van der Waals surface area contributed by atoms with Gasteiger partial charge in [-0.3, -0.25) is 14.3 Å². The maximum Gasteiger partial charge on any atom is 0.270 e. The molecule has 5 aromatic rings. The van der Waals surface area contributed by atoms with Gasteiger partial charge in [-0.25, -0.2) is 0 Å². The van der Waals surface area contributed by atoms with Gasteiger partial charge in [0.15, 0.2) is 11.5 Å². The number of hydrogen-bond acceptors (Lipinski definition) is 6. The number of hydrogen-bond donors (Lipinski definition) is 2. The zero-order chi connectivity index (χ0) is 30.3. The Morgan fingerprint density at radius 2 is 1.40 bits per heavy atom. The first-order valence-corrected chi connectivity index (χ1v) is 13.5. The Bertz CT molecular complexity index is 1640. The van der Waals surface area contributed by atoms with E-state index in [0.717, 1.165) is 16.7 Å². The van der Waals surface area contributed by atoms with Gasteiger partial charge in [-0.15, -0.1) is 0 Å². The fourth-order valence-electron chi connectivity index (χ4n) is 5.06. The lowest BCUT2D eigenvalue weighted by Gasteiger charge is -2.28. The van der Waals surface area contributed by atoms with E-state index >= 15 is 0 Å². The zero-order valence-corrected chi connectivity index (χ0v) is 23.9. The molecular weight excluding hydrogens is 546 g/mol. The maximum absolute atomic E-state index is 14.1. The molecule has 0 radical (unpaired) electrons. The van der Waals surface area contributed by atoms with Crippen LogP contribution in [0.3, 0.4) is 0 Å². The van der Waals surface area contributed by atoms with Gasteiger partial charge in [0.1, 0.15) is 11.7 Å². The van der Waals surface area contributed by atoms with E-state index in [0.29, 0.717) is 33.2 Å². The van der Waals surface area contributed by atoms with Crippen LogP contribution >= 0.6 is 0 Å². The van der Waals surface area contributed by atoms with Gasteiger partial charge in [-0.2, -0.15) is 9.83 Å². The van der Waals surface area contributed by atoms with Crippen LogP contribution in [-0.2, 0) is 11.8 Å². The molecule has 0 fully saturated rings. The van der Waals surface area contributed by atoms with Gasteiger partial charge in [0, 0.05) is 24.8 Å². The Morgan fingerprint density at radius 1 is 0.837 bits per heavy atom. The van der Waals surface area contributed by atoms with Gasteiger partial charge in [-0.05, 0) is 34.9 Å². The van der Waals surface area contributed by atoms with Crippen LogP contribution in [0.1, 0.15) is 27.5 Å². The monoisotopic (exact) mass is 577 g/mol. The highest BCUT2D eigenvalue weighted by atomic mass is 16.5. The number of aryl methyl sites for hydroxylation is 1. The molecule has 10 heteroatoms. The molecule has 0 aliphatic heterocycles. The first kappa shape index (κ1) is 28.9. The van der Waals surface area contributed by atoms with Crippen molar-refractivity contribution in [1.29, 1.82) is 0 Å². The molecular formula is C33H31N5O5. The van der Waals surface area contributed by atoms with Gasteiger partial charge in [0.25, 0.3) is 5.91 Å². The Hall–Kier alpha value is -5.64. The summed E-state index contributed by atoms with van der Waals surface area (Å²) in [6.45, 7) is 0. The Morgan fingerprint density at radius 3 is 1.88 bits per heavy atom. The Labute approximate surface area is 249 Å². The minimum Gasteiger partial charge on any atom is -0.618 e. The largest absolute Gasteiger partial charge is 0.618 e. The van der Waals surface area contributed by atoms with Crippen LogP contribution in [0.2, 0.25) is 0 Å². The van der Waals surface area contributed by atoms with E-state index in [9.17, 15) is 14.8 Å². The molecule has 5 rings (SSSR count). The van der Waals surface area contributed by atoms with Crippen LogP contribution in [0.4, 0.5) is 5.69 Å². The summed E-state index contributed by atoms with van der Waals surface area (Å²) in [7, 11) is 4.62. The van der Waals surface area contributed by atoms with Crippen LogP contribution in [0, 0.1) is 5.21 Å². The minimum absolute atomic E-state index is 0.326. The van der Waals surface area contributed by atoms with Crippen molar-refractivity contribution in [2.24, 2.45) is 7.05 Å². The van der Waals surface area contributed by atoms with Crippen LogP contribution in [0.15, 0.2) is 110 Å². The molecule has 2 aromatic heterocycles. The van der Waals surface area contributed by atoms with Crippen molar-refractivity contribution >= 4 is 17.5 Å². The number of benzene rings is 3. The zero-order valence-electron chi connectivity index (χ0n) is 23.9. The first-order chi connectivity index (χ1) is 20.9. The number of pyridine rings is 1. The number of aromatic nitrogens is 3. The standard InChI is InChI=1S/C33H31N5O5/c1-37-26(18-19-34-37)32(39)36-31(29(22-10-6-4-7-11-22)23-12-8-5-9-13-23)33(40)35-25-16-14-24(15-17-25)30-27(42-2)20-38(41)21-28(30)43-3/h4-21,29,31H,1-3H3,(H,35,40)(H,36,39)/t31-/m0/s1. The van der Waals surface area contributed by atoms with Gasteiger partial charge in [0.2, 0.25) is 18.3 Å². The highest BCUT2D eigenvalue weighted by Gasteiger charge is 2.33. The fourth-order valence-corrected chi connectivity index (χ4v) is 5.06. The summed E-state index contributed by atoms with van der Waals surface area (Å²) >= 11 is 0. The van der Waals surface area contributed by atoms with Gasteiger partial charge in [-0.1, -0.05) is 72.8 Å². The summed E-state index contributed by atoms with van der Waals surface area (Å²) in [5, 5.41) is 22.0. The third kappa shape index (κ3) is 6.33.